The molecule has 0 bridgehead atoms. The Morgan fingerprint density at radius 3 is 1.70 bits per heavy atom. The molecule has 15 nitrogen and oxygen atoms in total. The number of alkyl carbamates (subject to hydrolysis) is 1. The van der Waals surface area contributed by atoms with E-state index in [1.54, 1.807) is 36.4 Å². The Kier molecular flexibility index (Phi) is 12.4. The van der Waals surface area contributed by atoms with Crippen LogP contribution in [0.2, 0.25) is 0 Å². The molecule has 0 unspecified atom stereocenters. The van der Waals surface area contributed by atoms with Crippen LogP contribution in [0.3, 0.4) is 0 Å². The average Bonchev–Trinajstić information content (AvgIpc) is 3.80. The molecule has 1 N–H and O–H groups in total. The molecule has 2 saturated heterocycles. The molecule has 2 atom stereocenters. The molecule has 316 valence electrons. The summed E-state index contributed by atoms with van der Waals surface area (Å²) in [5.41, 5.74) is 4.72. The van der Waals surface area contributed by atoms with Crippen LogP contribution in [0, 0.1) is 0 Å². The van der Waals surface area contributed by atoms with Gasteiger partial charge in [-0.1, -0.05) is 23.3 Å². The molecule has 0 saturated carbocycles. The number of hydrogen-bond donors (Lipinski definition) is 1. The first-order chi connectivity index (χ1) is 28.9. The van der Waals surface area contributed by atoms with Crippen molar-refractivity contribution in [3.63, 3.8) is 0 Å². The molecule has 60 heavy (non-hydrogen) atoms. The summed E-state index contributed by atoms with van der Waals surface area (Å²) in [7, 11) is 3.05. The Hall–Kier alpha value is -6.38. The van der Waals surface area contributed by atoms with Crippen molar-refractivity contribution in [2.75, 3.05) is 40.5 Å². The standard InChI is InChI=1S/C45H52N6O9/c1-8-27-13-31-21-47-36-19-40(38(55-6)17-34(36)42(52)50(31)23-27)58-25-29-15-33(57-12-10-11-46-44(54)60-45(3,4)5)16-30(49-29)26-59-41-20-37-35(18-39(41)56-7)43(53)51-24-28(9-2)14-32(51)22-48-37/h8-9,15-22,31-32H,10-14,23-26H2,1-7H3,(H,46,54)/b27-8+,28-9+/t31-,32-/m0/s1. The van der Waals surface area contributed by atoms with E-state index in [0.29, 0.717) is 88.7 Å². The third kappa shape index (κ3) is 9.40. The Morgan fingerprint density at radius 2 is 1.25 bits per heavy atom. The molecule has 5 heterocycles. The number of aliphatic imine (C=N–C) groups is 2. The largest absolute Gasteiger partial charge is 0.493 e. The van der Waals surface area contributed by atoms with Crippen molar-refractivity contribution >= 4 is 41.7 Å². The summed E-state index contributed by atoms with van der Waals surface area (Å²) in [6, 6.07) is 10.1. The molecule has 0 aliphatic carbocycles. The van der Waals surface area contributed by atoms with Crippen molar-refractivity contribution in [3.8, 4) is 28.7 Å². The highest BCUT2D eigenvalue weighted by molar-refractivity contribution is 6.04. The summed E-state index contributed by atoms with van der Waals surface area (Å²) in [6.07, 6.45) is 9.26. The van der Waals surface area contributed by atoms with E-state index in [2.05, 4.69) is 17.5 Å². The van der Waals surface area contributed by atoms with Crippen molar-refractivity contribution in [1.29, 1.82) is 0 Å². The number of fused-ring (bicyclic) bond motifs is 4. The lowest BCUT2D eigenvalue weighted by molar-refractivity contribution is 0.0524. The summed E-state index contributed by atoms with van der Waals surface area (Å²) >= 11 is 0. The number of carbonyl (C=O) groups is 3. The molecule has 3 aromatic rings. The van der Waals surface area contributed by atoms with Crippen LogP contribution >= 0.6 is 0 Å². The van der Waals surface area contributed by atoms with Gasteiger partial charge in [0.1, 0.15) is 24.6 Å². The second kappa shape index (κ2) is 17.9. The van der Waals surface area contributed by atoms with Crippen LogP contribution in [0.1, 0.15) is 86.0 Å². The maximum atomic E-state index is 13.6. The molecule has 4 aliphatic rings. The summed E-state index contributed by atoms with van der Waals surface area (Å²) in [4.78, 5) is 57.2. The topological polar surface area (TPSA) is 163 Å². The van der Waals surface area contributed by atoms with Crippen LogP contribution in [-0.4, -0.2) is 103 Å². The number of pyridine rings is 1. The molecule has 2 aromatic carbocycles. The molecular formula is C45H52N6O9. The van der Waals surface area contributed by atoms with Crippen LogP contribution in [0.5, 0.6) is 28.7 Å². The second-order valence-electron chi connectivity index (χ2n) is 15.9. The van der Waals surface area contributed by atoms with E-state index in [9.17, 15) is 14.4 Å². The first-order valence-electron chi connectivity index (χ1n) is 20.1. The maximum absolute atomic E-state index is 13.6. The smallest absolute Gasteiger partial charge is 0.407 e. The van der Waals surface area contributed by atoms with Gasteiger partial charge in [-0.15, -0.1) is 0 Å². The lowest BCUT2D eigenvalue weighted by atomic mass is 10.1. The summed E-state index contributed by atoms with van der Waals surface area (Å²) in [6.45, 7) is 11.2. The van der Waals surface area contributed by atoms with E-state index in [1.165, 1.54) is 25.4 Å². The molecular weight excluding hydrogens is 769 g/mol. The highest BCUT2D eigenvalue weighted by atomic mass is 16.6. The van der Waals surface area contributed by atoms with Crippen LogP contribution in [-0.2, 0) is 18.0 Å². The number of carbonyl (C=O) groups excluding carboxylic acids is 3. The van der Waals surface area contributed by atoms with Gasteiger partial charge in [0.25, 0.3) is 11.8 Å². The number of ether oxygens (including phenoxy) is 6. The van der Waals surface area contributed by atoms with Gasteiger partial charge in [-0.2, -0.15) is 0 Å². The Bertz CT molecular complexity index is 2140. The van der Waals surface area contributed by atoms with Gasteiger partial charge >= 0.3 is 6.09 Å². The van der Waals surface area contributed by atoms with Gasteiger partial charge in [0.05, 0.1) is 66.8 Å². The monoisotopic (exact) mass is 820 g/mol. The molecule has 1 aromatic heterocycles. The number of aromatic nitrogens is 1. The lowest BCUT2D eigenvalue weighted by Gasteiger charge is -2.20. The van der Waals surface area contributed by atoms with Crippen molar-refractivity contribution in [2.45, 2.75) is 84.8 Å². The van der Waals surface area contributed by atoms with E-state index < -0.39 is 11.7 Å². The first kappa shape index (κ1) is 41.8. The average molecular weight is 821 g/mol. The predicted molar refractivity (Wildman–Crippen MR) is 226 cm³/mol. The molecule has 2 fully saturated rings. The van der Waals surface area contributed by atoms with E-state index in [0.717, 1.165) is 12.8 Å². The van der Waals surface area contributed by atoms with Crippen molar-refractivity contribution in [1.82, 2.24) is 20.1 Å². The SMILES string of the molecule is C/C=C1\C[C@H]2C=Nc3cc(OCc4cc(OCCCNC(=O)OC(C)(C)C)cc(COc5cc6c(cc5OC)C(=O)N5C/C(=C/C)C[C@H]5C=N6)n4)c(OC)cc3C(=O)N2C1. The first-order valence-corrected chi connectivity index (χ1v) is 20.1. The highest BCUT2D eigenvalue weighted by Crippen LogP contribution is 2.41. The lowest BCUT2D eigenvalue weighted by Crippen LogP contribution is -2.35. The van der Waals surface area contributed by atoms with Crippen LogP contribution in [0.25, 0.3) is 0 Å². The number of nitrogens with one attached hydrogen (secondary N) is 1. The van der Waals surface area contributed by atoms with E-state index in [4.69, 9.17) is 43.4 Å². The summed E-state index contributed by atoms with van der Waals surface area (Å²) in [5.74, 6) is 1.84. The van der Waals surface area contributed by atoms with E-state index >= 15 is 0 Å². The zero-order valence-electron chi connectivity index (χ0n) is 35.2. The zero-order valence-corrected chi connectivity index (χ0v) is 35.2. The number of benzene rings is 2. The number of rotatable bonds is 13. The van der Waals surface area contributed by atoms with Gasteiger partial charge in [0.15, 0.2) is 23.0 Å². The van der Waals surface area contributed by atoms with Crippen LogP contribution in [0.4, 0.5) is 16.2 Å². The number of methoxy groups -OCH3 is 2. The zero-order chi connectivity index (χ0) is 42.6. The molecule has 3 amide bonds. The van der Waals surface area contributed by atoms with Gasteiger partial charge in [-0.05, 0) is 66.0 Å². The predicted octanol–water partition coefficient (Wildman–Crippen LogP) is 7.30. The van der Waals surface area contributed by atoms with Gasteiger partial charge < -0.3 is 43.5 Å². The van der Waals surface area contributed by atoms with Crippen LogP contribution < -0.4 is 29.0 Å². The Morgan fingerprint density at radius 1 is 0.750 bits per heavy atom. The van der Waals surface area contributed by atoms with Gasteiger partial charge in [0.2, 0.25) is 0 Å². The van der Waals surface area contributed by atoms with Gasteiger partial charge in [-0.3, -0.25) is 24.6 Å². The van der Waals surface area contributed by atoms with Crippen molar-refractivity contribution in [3.05, 3.63) is 82.2 Å². The quantitative estimate of drug-likeness (QED) is 0.137. The van der Waals surface area contributed by atoms with Gasteiger partial charge in [-0.25, -0.2) is 4.79 Å². The summed E-state index contributed by atoms with van der Waals surface area (Å²) < 4.78 is 35.5. The molecule has 0 radical (unpaired) electrons. The summed E-state index contributed by atoms with van der Waals surface area (Å²) in [5, 5.41) is 2.75. The van der Waals surface area contributed by atoms with E-state index in [1.807, 2.05) is 56.8 Å². The third-order valence-electron chi connectivity index (χ3n) is 10.5. The molecule has 0 spiro atoms. The fourth-order valence-electron chi connectivity index (χ4n) is 7.45. The maximum Gasteiger partial charge on any atom is 0.407 e. The third-order valence-corrected chi connectivity index (χ3v) is 10.5. The molecule has 7 rings (SSSR count). The Labute approximate surface area is 350 Å². The number of allylic oxidation sites excluding steroid dienone is 2. The van der Waals surface area contributed by atoms with E-state index in [-0.39, 0.29) is 43.7 Å². The minimum absolute atomic E-state index is 0.0161. The normalized spacial score (nSPS) is 19.3. The fraction of sp³-hybridized carbons (Fsp3) is 0.422. The van der Waals surface area contributed by atoms with Gasteiger partial charge in [0, 0.05) is 56.3 Å². The van der Waals surface area contributed by atoms with Crippen molar-refractivity contribution < 1.29 is 42.8 Å². The fourth-order valence-corrected chi connectivity index (χ4v) is 7.45. The Balaban J connectivity index is 1.10. The molecule has 4 aliphatic heterocycles. The molecule has 15 heteroatoms. The highest BCUT2D eigenvalue weighted by Gasteiger charge is 2.36. The number of nitrogens with zero attached hydrogens (tertiary/aromatic N) is 5. The minimum Gasteiger partial charge on any atom is -0.493 e. The minimum atomic E-state index is -0.601. The second-order valence-corrected chi connectivity index (χ2v) is 15.9. The van der Waals surface area contributed by atoms with Crippen LogP contribution in [0.15, 0.2) is 69.7 Å². The number of amides is 3. The number of hydrogen-bond acceptors (Lipinski definition) is 12. The van der Waals surface area contributed by atoms with Crippen molar-refractivity contribution in [2.24, 2.45) is 9.98 Å².